The van der Waals surface area contributed by atoms with Crippen molar-refractivity contribution in [3.8, 4) is 11.1 Å². The summed E-state index contributed by atoms with van der Waals surface area (Å²) in [6.07, 6.45) is 0. The molecule has 0 aliphatic rings. The fourth-order valence-electron chi connectivity index (χ4n) is 4.68. The molecule has 5 aromatic rings. The summed E-state index contributed by atoms with van der Waals surface area (Å²) in [4.78, 5) is 2.35. The minimum Gasteiger partial charge on any atom is -0.355 e. The van der Waals surface area contributed by atoms with Crippen LogP contribution in [0.2, 0.25) is 0 Å². The Morgan fingerprint density at radius 2 is 0.919 bits per heavy atom. The minimum atomic E-state index is 1.11. The highest BCUT2D eigenvalue weighted by atomic mass is 15.1. The number of rotatable bonds is 6. The molecule has 0 atom stereocenters. The molecule has 0 saturated heterocycles. The molecule has 2 nitrogen and oxygen atoms in total. The van der Waals surface area contributed by atoms with Gasteiger partial charge >= 0.3 is 0 Å². The van der Waals surface area contributed by atoms with Crippen LogP contribution < -0.4 is 10.2 Å². The first-order valence-corrected chi connectivity index (χ1v) is 12.9. The van der Waals surface area contributed by atoms with Gasteiger partial charge in [0.1, 0.15) is 0 Å². The molecule has 0 spiro atoms. The second kappa shape index (κ2) is 10.4. The number of nitrogens with one attached hydrogen (secondary N) is 1. The lowest BCUT2D eigenvalue weighted by atomic mass is 9.99. The predicted molar refractivity (Wildman–Crippen MR) is 160 cm³/mol. The van der Waals surface area contributed by atoms with Gasteiger partial charge in [-0.05, 0) is 118 Å². The van der Waals surface area contributed by atoms with Crippen LogP contribution in [0.5, 0.6) is 0 Å². The topological polar surface area (TPSA) is 15.3 Å². The lowest BCUT2D eigenvalue weighted by molar-refractivity contribution is 1.24. The molecule has 0 aromatic heterocycles. The third-order valence-corrected chi connectivity index (χ3v) is 6.91. The lowest BCUT2D eigenvalue weighted by Crippen LogP contribution is -2.11. The third-order valence-electron chi connectivity index (χ3n) is 6.91. The Bertz CT molecular complexity index is 1470. The van der Waals surface area contributed by atoms with Gasteiger partial charge in [0.15, 0.2) is 0 Å². The van der Waals surface area contributed by atoms with Crippen molar-refractivity contribution in [2.24, 2.45) is 0 Å². The van der Waals surface area contributed by atoms with Gasteiger partial charge in [0.2, 0.25) is 0 Å². The maximum atomic E-state index is 3.55. The maximum absolute atomic E-state index is 3.55. The van der Waals surface area contributed by atoms with E-state index >= 15 is 0 Å². The molecular weight excluding hydrogens is 448 g/mol. The highest BCUT2D eigenvalue weighted by Crippen LogP contribution is 2.38. The van der Waals surface area contributed by atoms with Gasteiger partial charge in [-0.2, -0.15) is 0 Å². The molecule has 0 fully saturated rings. The van der Waals surface area contributed by atoms with Crippen molar-refractivity contribution >= 4 is 28.4 Å². The summed E-state index contributed by atoms with van der Waals surface area (Å²) < 4.78 is 0. The van der Waals surface area contributed by atoms with Crippen LogP contribution in [0.15, 0.2) is 109 Å². The van der Waals surface area contributed by atoms with E-state index in [1.54, 1.807) is 0 Å². The van der Waals surface area contributed by atoms with Crippen molar-refractivity contribution in [1.82, 2.24) is 0 Å². The molecule has 0 unspecified atom stereocenters. The van der Waals surface area contributed by atoms with E-state index in [0.717, 1.165) is 22.7 Å². The van der Waals surface area contributed by atoms with Gasteiger partial charge in [-0.1, -0.05) is 65.2 Å². The second-order valence-corrected chi connectivity index (χ2v) is 10.0. The molecule has 0 heterocycles. The summed E-state index contributed by atoms with van der Waals surface area (Å²) >= 11 is 0. The molecule has 0 aliphatic carbocycles. The molecule has 5 aromatic carbocycles. The SMILES string of the molecule is Cc1ccc(Nc2ccc(-c3ccc(N(c4ccc(C)cc4)c4ccc(C)cc4)c(C)c3)cc2C)cc1. The van der Waals surface area contributed by atoms with Gasteiger partial charge in [0, 0.05) is 28.4 Å². The van der Waals surface area contributed by atoms with E-state index in [9.17, 15) is 0 Å². The van der Waals surface area contributed by atoms with Crippen LogP contribution in [0.3, 0.4) is 0 Å². The van der Waals surface area contributed by atoms with Crippen LogP contribution in [0.1, 0.15) is 27.8 Å². The zero-order valence-electron chi connectivity index (χ0n) is 22.3. The molecule has 0 bridgehead atoms. The predicted octanol–water partition coefficient (Wildman–Crippen LogP) is 10.1. The first kappa shape index (κ1) is 24.4. The van der Waals surface area contributed by atoms with Crippen molar-refractivity contribution in [2.75, 3.05) is 10.2 Å². The Morgan fingerprint density at radius 3 is 1.41 bits per heavy atom. The number of anilines is 5. The van der Waals surface area contributed by atoms with Gasteiger partial charge in [0.25, 0.3) is 0 Å². The van der Waals surface area contributed by atoms with Crippen LogP contribution in [0.25, 0.3) is 11.1 Å². The smallest absolute Gasteiger partial charge is 0.0491 e. The number of aryl methyl sites for hydroxylation is 5. The maximum Gasteiger partial charge on any atom is 0.0491 e. The Balaban J connectivity index is 1.47. The van der Waals surface area contributed by atoms with E-state index in [0.29, 0.717) is 0 Å². The van der Waals surface area contributed by atoms with Gasteiger partial charge < -0.3 is 10.2 Å². The number of hydrogen-bond acceptors (Lipinski definition) is 2. The van der Waals surface area contributed by atoms with Gasteiger partial charge in [-0.15, -0.1) is 0 Å². The van der Waals surface area contributed by atoms with Crippen LogP contribution in [-0.2, 0) is 0 Å². The summed E-state index contributed by atoms with van der Waals surface area (Å²) in [7, 11) is 0. The van der Waals surface area contributed by atoms with Crippen molar-refractivity contribution in [3.05, 3.63) is 137 Å². The van der Waals surface area contributed by atoms with Crippen molar-refractivity contribution in [1.29, 1.82) is 0 Å². The highest BCUT2D eigenvalue weighted by molar-refractivity contribution is 5.81. The molecule has 0 aliphatic heterocycles. The van der Waals surface area contributed by atoms with E-state index in [-0.39, 0.29) is 0 Å². The second-order valence-electron chi connectivity index (χ2n) is 10.0. The first-order chi connectivity index (χ1) is 17.9. The highest BCUT2D eigenvalue weighted by Gasteiger charge is 2.15. The Morgan fingerprint density at radius 1 is 0.459 bits per heavy atom. The summed E-state index contributed by atoms with van der Waals surface area (Å²) in [6.45, 7) is 10.7. The van der Waals surface area contributed by atoms with Crippen molar-refractivity contribution in [2.45, 2.75) is 34.6 Å². The molecule has 1 N–H and O–H groups in total. The van der Waals surface area contributed by atoms with E-state index in [2.05, 4.69) is 154 Å². The Hall–Kier alpha value is -4.30. The lowest BCUT2D eigenvalue weighted by Gasteiger charge is -2.27. The fraction of sp³-hybridized carbons (Fsp3) is 0.143. The monoisotopic (exact) mass is 482 g/mol. The summed E-state index contributed by atoms with van der Waals surface area (Å²) in [5, 5.41) is 3.55. The Kier molecular flexibility index (Phi) is 6.83. The van der Waals surface area contributed by atoms with E-state index in [1.807, 2.05) is 0 Å². The van der Waals surface area contributed by atoms with Crippen LogP contribution in [0, 0.1) is 34.6 Å². The summed E-state index contributed by atoms with van der Waals surface area (Å²) in [6, 6.07) is 39.4. The largest absolute Gasteiger partial charge is 0.355 e. The first-order valence-electron chi connectivity index (χ1n) is 12.9. The molecule has 0 radical (unpaired) electrons. The van der Waals surface area contributed by atoms with Gasteiger partial charge in [0.05, 0.1) is 0 Å². The normalized spacial score (nSPS) is 10.8. The number of benzene rings is 5. The summed E-state index contributed by atoms with van der Waals surface area (Å²) in [5.74, 6) is 0. The molecular formula is C35H34N2. The van der Waals surface area contributed by atoms with E-state index in [1.165, 1.54) is 44.6 Å². The van der Waals surface area contributed by atoms with E-state index in [4.69, 9.17) is 0 Å². The summed E-state index contributed by atoms with van der Waals surface area (Å²) in [5.41, 5.74) is 14.4. The van der Waals surface area contributed by atoms with Crippen LogP contribution in [0.4, 0.5) is 28.4 Å². The zero-order chi connectivity index (χ0) is 25.9. The third kappa shape index (κ3) is 5.44. The van der Waals surface area contributed by atoms with Crippen molar-refractivity contribution < 1.29 is 0 Å². The Labute approximate surface area is 221 Å². The molecule has 0 saturated carbocycles. The van der Waals surface area contributed by atoms with Crippen molar-refractivity contribution in [3.63, 3.8) is 0 Å². The molecule has 0 amide bonds. The quantitative estimate of drug-likeness (QED) is 0.259. The van der Waals surface area contributed by atoms with Gasteiger partial charge in [-0.25, -0.2) is 0 Å². The fourth-order valence-corrected chi connectivity index (χ4v) is 4.68. The average molecular weight is 483 g/mol. The van der Waals surface area contributed by atoms with Crippen LogP contribution in [-0.4, -0.2) is 0 Å². The molecule has 2 heteroatoms. The number of hydrogen-bond donors (Lipinski definition) is 1. The average Bonchev–Trinajstić information content (AvgIpc) is 2.89. The van der Waals surface area contributed by atoms with Crippen LogP contribution >= 0.6 is 0 Å². The molecule has 5 rings (SSSR count). The number of nitrogens with zero attached hydrogens (tertiary/aromatic N) is 1. The minimum absolute atomic E-state index is 1.11. The molecule has 37 heavy (non-hydrogen) atoms. The zero-order valence-corrected chi connectivity index (χ0v) is 22.3. The van der Waals surface area contributed by atoms with Gasteiger partial charge in [-0.3, -0.25) is 0 Å². The van der Waals surface area contributed by atoms with E-state index < -0.39 is 0 Å². The molecule has 184 valence electrons. The standard InChI is InChI=1S/C35H34N2/c1-24-6-14-31(15-7-24)36-34-20-12-29(22-27(34)4)30-13-21-35(28(5)23-30)37(32-16-8-25(2)9-17-32)33-18-10-26(3)11-19-33/h6-23,36H,1-5H3.